The van der Waals surface area contributed by atoms with Crippen LogP contribution < -0.4 is 0 Å². The molecule has 0 radical (unpaired) electrons. The van der Waals surface area contributed by atoms with Crippen LogP contribution in [0.15, 0.2) is 0 Å². The normalized spacial score (nSPS) is 23.4. The van der Waals surface area contributed by atoms with Gasteiger partial charge in [-0.3, -0.25) is 23.4 Å². The van der Waals surface area contributed by atoms with Gasteiger partial charge in [0.05, 0.1) is 26.7 Å². The maximum Gasteiger partial charge on any atom is 0.477 e. The second-order valence-corrected chi connectivity index (χ2v) is 13.8. The van der Waals surface area contributed by atoms with E-state index in [9.17, 15) is 33.3 Å². The highest BCUT2D eigenvalue weighted by Crippen LogP contribution is 2.56. The highest BCUT2D eigenvalue weighted by atomic mass is 31.2. The van der Waals surface area contributed by atoms with E-state index in [1.54, 1.807) is 20.8 Å². The lowest BCUT2D eigenvalue weighted by atomic mass is 9.88. The first-order valence-corrected chi connectivity index (χ1v) is 17.3. The predicted octanol–water partition coefficient (Wildman–Crippen LogP) is 3.95. The van der Waals surface area contributed by atoms with Crippen LogP contribution in [0, 0.1) is 0 Å². The molecule has 0 aromatic rings. The molecule has 2 aliphatic rings. The summed E-state index contributed by atoms with van der Waals surface area (Å²) >= 11 is 0. The first kappa shape index (κ1) is 41.9. The van der Waals surface area contributed by atoms with Crippen molar-refractivity contribution in [3.8, 4) is 0 Å². The Kier molecular flexibility index (Phi) is 15.4. The monoisotopic (exact) mass is 725 g/mol. The minimum absolute atomic E-state index is 0.110. The minimum Gasteiger partial charge on any atom is -0.465 e. The van der Waals surface area contributed by atoms with E-state index >= 15 is 0 Å². The standard InChI is InChI=1S/C30H48NO17P/c1-10-12-14-41-49(38,42-15-13-11-2)48-30(26(35)39-9)16-21-23(31(27(36)45-21)28(37)47-29(6,7)8)25(46-30)24(44-20(5)34)22(43-19(4)33)17-40-18(3)32/h21-25H,10-17H2,1-9H3/t21-,22+,23+,24+,25+,30-/m0/s1. The van der Waals surface area contributed by atoms with E-state index in [4.69, 9.17) is 46.7 Å². The van der Waals surface area contributed by atoms with Crippen molar-refractivity contribution < 1.29 is 80.1 Å². The van der Waals surface area contributed by atoms with Gasteiger partial charge in [0.2, 0.25) is 0 Å². The van der Waals surface area contributed by atoms with Crippen LogP contribution in [0.25, 0.3) is 0 Å². The molecule has 2 rings (SSSR count). The molecule has 2 saturated heterocycles. The fourth-order valence-electron chi connectivity index (χ4n) is 4.89. The zero-order chi connectivity index (χ0) is 37.2. The van der Waals surface area contributed by atoms with Crippen molar-refractivity contribution in [3.05, 3.63) is 0 Å². The molecule has 0 spiro atoms. The SMILES string of the molecule is CCCCOP(=O)(OCCCC)O[C@]1(C(=O)OC)C[C@@H]2OC(=O)N(C(=O)OC(C)(C)C)[C@H]2[C@H]([C@H](OC(C)=O)[C@@H](COC(C)=O)OC(C)=O)O1. The Labute approximate surface area is 285 Å². The Morgan fingerprint density at radius 3 is 2.00 bits per heavy atom. The third kappa shape index (κ3) is 11.9. The topological polar surface area (TPSA) is 215 Å². The summed E-state index contributed by atoms with van der Waals surface area (Å²) in [4.78, 5) is 77.5. The summed E-state index contributed by atoms with van der Waals surface area (Å²) in [7, 11) is -3.71. The molecule has 2 heterocycles. The highest BCUT2D eigenvalue weighted by molar-refractivity contribution is 7.48. The van der Waals surface area contributed by atoms with Crippen molar-refractivity contribution in [2.75, 3.05) is 26.9 Å². The third-order valence-corrected chi connectivity index (χ3v) is 8.38. The van der Waals surface area contributed by atoms with Crippen molar-refractivity contribution in [1.29, 1.82) is 0 Å². The van der Waals surface area contributed by atoms with Crippen LogP contribution in [0.5, 0.6) is 0 Å². The van der Waals surface area contributed by atoms with Crippen molar-refractivity contribution in [2.24, 2.45) is 0 Å². The fourth-order valence-corrected chi connectivity index (χ4v) is 6.32. The molecule has 0 bridgehead atoms. The maximum absolute atomic E-state index is 14.1. The van der Waals surface area contributed by atoms with Crippen LogP contribution in [0.4, 0.5) is 9.59 Å². The average Bonchev–Trinajstić information content (AvgIpc) is 3.31. The lowest BCUT2D eigenvalue weighted by molar-refractivity contribution is -0.290. The first-order valence-electron chi connectivity index (χ1n) is 15.9. The van der Waals surface area contributed by atoms with Crippen molar-refractivity contribution in [2.45, 2.75) is 129 Å². The molecule has 0 aliphatic carbocycles. The lowest BCUT2D eigenvalue weighted by Gasteiger charge is -2.47. The Hall–Kier alpha value is -3.31. The smallest absolute Gasteiger partial charge is 0.465 e. The minimum atomic E-state index is -4.68. The molecule has 0 aromatic carbocycles. The predicted molar refractivity (Wildman–Crippen MR) is 165 cm³/mol. The first-order chi connectivity index (χ1) is 22.8. The van der Waals surface area contributed by atoms with E-state index in [1.807, 2.05) is 13.8 Å². The molecule has 0 aromatic heterocycles. The number of carbonyl (C=O) groups excluding carboxylic acids is 6. The number of carbonyl (C=O) groups is 6. The average molecular weight is 726 g/mol. The summed E-state index contributed by atoms with van der Waals surface area (Å²) in [6.07, 6.45) is -7.95. The summed E-state index contributed by atoms with van der Waals surface area (Å²) in [5.41, 5.74) is -1.11. The third-order valence-electron chi connectivity index (χ3n) is 6.86. The number of esters is 4. The number of hydrogen-bond donors (Lipinski definition) is 0. The van der Waals surface area contributed by atoms with Gasteiger partial charge >= 0.3 is 43.9 Å². The molecule has 2 amide bonds. The molecule has 18 nitrogen and oxygen atoms in total. The van der Waals surface area contributed by atoms with Crippen LogP contribution in [0.1, 0.15) is 87.5 Å². The molecule has 2 fully saturated rings. The van der Waals surface area contributed by atoms with Crippen LogP contribution in [0.3, 0.4) is 0 Å². The maximum atomic E-state index is 14.1. The van der Waals surface area contributed by atoms with E-state index in [0.717, 1.165) is 27.9 Å². The number of methoxy groups -OCH3 is 1. The van der Waals surface area contributed by atoms with Crippen LogP contribution >= 0.6 is 7.82 Å². The molecular formula is C30H48NO17P. The van der Waals surface area contributed by atoms with Gasteiger partial charge in [-0.15, -0.1) is 0 Å². The number of imide groups is 1. The van der Waals surface area contributed by atoms with E-state index in [1.165, 1.54) is 0 Å². The summed E-state index contributed by atoms with van der Waals surface area (Å²) < 4.78 is 69.1. The van der Waals surface area contributed by atoms with Gasteiger partial charge in [0.15, 0.2) is 12.2 Å². The highest BCUT2D eigenvalue weighted by Gasteiger charge is 2.66. The molecule has 2 aliphatic heterocycles. The number of phosphoric acid groups is 1. The van der Waals surface area contributed by atoms with Gasteiger partial charge in [0.1, 0.15) is 30.5 Å². The summed E-state index contributed by atoms with van der Waals surface area (Å²) in [6, 6.07) is -1.56. The number of hydrogen-bond acceptors (Lipinski definition) is 17. The molecule has 6 atom stereocenters. The van der Waals surface area contributed by atoms with E-state index in [-0.39, 0.29) is 13.2 Å². The summed E-state index contributed by atoms with van der Waals surface area (Å²) in [6.45, 7) is 10.5. The quantitative estimate of drug-likeness (QED) is 0.0898. The fraction of sp³-hybridized carbons (Fsp3) is 0.800. The van der Waals surface area contributed by atoms with Gasteiger partial charge in [0, 0.05) is 20.8 Å². The second kappa shape index (κ2) is 18.1. The molecule has 49 heavy (non-hydrogen) atoms. The number of phosphoric ester groups is 1. The van der Waals surface area contributed by atoms with E-state index in [0.29, 0.717) is 30.6 Å². The number of nitrogens with zero attached hydrogens (tertiary/aromatic N) is 1. The van der Waals surface area contributed by atoms with Gasteiger partial charge in [-0.1, -0.05) is 26.7 Å². The number of rotatable bonds is 17. The molecule has 0 saturated carbocycles. The second-order valence-electron chi connectivity index (χ2n) is 12.2. The number of amides is 2. The molecule has 0 N–H and O–H groups in total. The molecule has 0 unspecified atom stereocenters. The van der Waals surface area contributed by atoms with Gasteiger partial charge in [0.25, 0.3) is 5.79 Å². The van der Waals surface area contributed by atoms with Crippen LogP contribution in [-0.2, 0) is 70.5 Å². The van der Waals surface area contributed by atoms with Gasteiger partial charge < -0.3 is 33.2 Å². The van der Waals surface area contributed by atoms with Gasteiger partial charge in [-0.05, 0) is 33.6 Å². The van der Waals surface area contributed by atoms with Gasteiger partial charge in [-0.2, -0.15) is 0 Å². The van der Waals surface area contributed by atoms with Crippen LogP contribution in [0.2, 0.25) is 0 Å². The Balaban J connectivity index is 2.83. The number of fused-ring (bicyclic) bond motifs is 1. The van der Waals surface area contributed by atoms with Crippen LogP contribution in [-0.4, -0.2) is 110 Å². The van der Waals surface area contributed by atoms with E-state index < -0.39 is 98.8 Å². The Morgan fingerprint density at radius 2 is 1.53 bits per heavy atom. The van der Waals surface area contributed by atoms with E-state index in [2.05, 4.69) is 0 Å². The van der Waals surface area contributed by atoms with Crippen molar-refractivity contribution in [1.82, 2.24) is 4.90 Å². The Bertz CT molecular complexity index is 1240. The van der Waals surface area contributed by atoms with Crippen molar-refractivity contribution >= 4 is 43.9 Å². The Morgan fingerprint density at radius 1 is 0.959 bits per heavy atom. The summed E-state index contributed by atoms with van der Waals surface area (Å²) in [5, 5.41) is 0. The zero-order valence-electron chi connectivity index (χ0n) is 29.4. The largest absolute Gasteiger partial charge is 0.477 e. The van der Waals surface area contributed by atoms with Crippen molar-refractivity contribution in [3.63, 3.8) is 0 Å². The zero-order valence-corrected chi connectivity index (χ0v) is 30.3. The lowest BCUT2D eigenvalue weighted by Crippen LogP contribution is -2.67. The molecule has 19 heteroatoms. The number of unbranched alkanes of at least 4 members (excludes halogenated alkanes) is 2. The molecule has 280 valence electrons. The molecular weight excluding hydrogens is 677 g/mol. The summed E-state index contributed by atoms with van der Waals surface area (Å²) in [5.74, 6) is -6.77. The van der Waals surface area contributed by atoms with Gasteiger partial charge in [-0.25, -0.2) is 28.4 Å². The number of ether oxygens (including phenoxy) is 7.